The third-order valence-electron chi connectivity index (χ3n) is 4.43. The molecule has 0 unspecified atom stereocenters. The summed E-state index contributed by atoms with van der Waals surface area (Å²) in [5.41, 5.74) is 2.66. The van der Waals surface area contributed by atoms with E-state index in [1.165, 1.54) is 5.69 Å². The van der Waals surface area contributed by atoms with Crippen LogP contribution in [0, 0.1) is 0 Å². The lowest BCUT2D eigenvalue weighted by molar-refractivity contribution is 0.102. The number of carbonyl (C=O) groups excluding carboxylic acids is 1. The number of hydrogen-bond acceptors (Lipinski definition) is 3. The molecule has 5 heteroatoms. The molecule has 1 heterocycles. The van der Waals surface area contributed by atoms with Crippen LogP contribution in [0.2, 0.25) is 0 Å². The number of carbonyl (C=O) groups is 1. The van der Waals surface area contributed by atoms with Crippen molar-refractivity contribution in [2.45, 2.75) is 6.92 Å². The lowest BCUT2D eigenvalue weighted by atomic mass is 10.2. The topological polar surface area (TPSA) is 35.6 Å². The summed E-state index contributed by atoms with van der Waals surface area (Å²) in [6.07, 6.45) is 0. The Bertz CT molecular complexity index is 694. The molecule has 0 bridgehead atoms. The van der Waals surface area contributed by atoms with Crippen LogP contribution >= 0.6 is 15.9 Å². The largest absolute Gasteiger partial charge is 0.369 e. The second-order valence-corrected chi connectivity index (χ2v) is 6.76. The van der Waals surface area contributed by atoms with E-state index in [0.29, 0.717) is 5.56 Å². The van der Waals surface area contributed by atoms with Gasteiger partial charge in [-0.2, -0.15) is 0 Å². The maximum absolute atomic E-state index is 12.3. The van der Waals surface area contributed by atoms with Gasteiger partial charge in [-0.15, -0.1) is 0 Å². The number of nitrogens with zero attached hydrogens (tertiary/aromatic N) is 2. The molecule has 2 aromatic carbocycles. The first-order valence-corrected chi connectivity index (χ1v) is 9.10. The van der Waals surface area contributed by atoms with E-state index in [1.807, 2.05) is 30.3 Å². The van der Waals surface area contributed by atoms with Crippen LogP contribution in [0.4, 0.5) is 11.4 Å². The van der Waals surface area contributed by atoms with Gasteiger partial charge in [0.15, 0.2) is 0 Å². The minimum atomic E-state index is -0.105. The summed E-state index contributed by atoms with van der Waals surface area (Å²) in [5, 5.41) is 2.95. The third-order valence-corrected chi connectivity index (χ3v) is 5.12. The Morgan fingerprint density at radius 2 is 1.71 bits per heavy atom. The van der Waals surface area contributed by atoms with Gasteiger partial charge in [0.1, 0.15) is 0 Å². The Balaban J connectivity index is 1.63. The lowest BCUT2D eigenvalue weighted by Crippen LogP contribution is -2.46. The Labute approximate surface area is 151 Å². The summed E-state index contributed by atoms with van der Waals surface area (Å²) in [6, 6.07) is 15.5. The summed E-state index contributed by atoms with van der Waals surface area (Å²) in [6.45, 7) is 7.65. The molecule has 1 aliphatic heterocycles. The fourth-order valence-corrected chi connectivity index (χ4v) is 3.39. The number of nitrogens with one attached hydrogen (secondary N) is 1. The zero-order valence-corrected chi connectivity index (χ0v) is 15.4. The second-order valence-electron chi connectivity index (χ2n) is 5.90. The zero-order chi connectivity index (χ0) is 16.9. The van der Waals surface area contributed by atoms with Crippen LogP contribution in [-0.4, -0.2) is 43.5 Å². The lowest BCUT2D eigenvalue weighted by Gasteiger charge is -2.35. The van der Waals surface area contributed by atoms with E-state index in [0.717, 1.165) is 42.9 Å². The van der Waals surface area contributed by atoms with E-state index < -0.39 is 0 Å². The average molecular weight is 388 g/mol. The molecule has 126 valence electrons. The van der Waals surface area contributed by atoms with Crippen LogP contribution in [0.25, 0.3) is 0 Å². The molecule has 1 N–H and O–H groups in total. The number of anilines is 2. The number of halogens is 1. The fourth-order valence-electron chi connectivity index (χ4n) is 2.92. The van der Waals surface area contributed by atoms with Crippen LogP contribution in [0.1, 0.15) is 17.3 Å². The average Bonchev–Trinajstić information content (AvgIpc) is 2.63. The first-order chi connectivity index (χ1) is 11.7. The smallest absolute Gasteiger partial charge is 0.256 e. The molecule has 0 saturated carbocycles. The van der Waals surface area contributed by atoms with Crippen molar-refractivity contribution in [1.29, 1.82) is 0 Å². The number of hydrogen-bond donors (Lipinski definition) is 1. The highest BCUT2D eigenvalue weighted by molar-refractivity contribution is 9.10. The molecule has 2 aromatic rings. The number of likely N-dealkylation sites (N-methyl/N-ethyl adjacent to an activating group) is 1. The van der Waals surface area contributed by atoms with E-state index >= 15 is 0 Å². The molecule has 1 aliphatic rings. The van der Waals surface area contributed by atoms with E-state index in [4.69, 9.17) is 0 Å². The number of amides is 1. The van der Waals surface area contributed by atoms with Crippen LogP contribution in [-0.2, 0) is 0 Å². The molecule has 0 aliphatic carbocycles. The summed E-state index contributed by atoms with van der Waals surface area (Å²) in [5.74, 6) is -0.105. The van der Waals surface area contributed by atoms with E-state index in [9.17, 15) is 4.79 Å². The van der Waals surface area contributed by atoms with Crippen molar-refractivity contribution in [3.63, 3.8) is 0 Å². The Morgan fingerprint density at radius 3 is 2.33 bits per heavy atom. The Morgan fingerprint density at radius 1 is 1.04 bits per heavy atom. The van der Waals surface area contributed by atoms with Crippen molar-refractivity contribution in [3.8, 4) is 0 Å². The normalized spacial score (nSPS) is 15.3. The van der Waals surface area contributed by atoms with Gasteiger partial charge < -0.3 is 15.1 Å². The monoisotopic (exact) mass is 387 g/mol. The predicted octanol–water partition coefficient (Wildman–Crippen LogP) is 3.84. The van der Waals surface area contributed by atoms with Gasteiger partial charge in [-0.25, -0.2) is 0 Å². The highest BCUT2D eigenvalue weighted by Crippen LogP contribution is 2.21. The van der Waals surface area contributed by atoms with Gasteiger partial charge in [0.05, 0.1) is 5.56 Å². The van der Waals surface area contributed by atoms with Crippen molar-refractivity contribution >= 4 is 33.2 Å². The van der Waals surface area contributed by atoms with Gasteiger partial charge in [-0.3, -0.25) is 4.79 Å². The molecule has 3 rings (SSSR count). The zero-order valence-electron chi connectivity index (χ0n) is 13.8. The number of rotatable bonds is 4. The van der Waals surface area contributed by atoms with Crippen molar-refractivity contribution in [1.82, 2.24) is 4.90 Å². The van der Waals surface area contributed by atoms with E-state index in [1.54, 1.807) is 6.07 Å². The quantitative estimate of drug-likeness (QED) is 0.865. The van der Waals surface area contributed by atoms with Gasteiger partial charge >= 0.3 is 0 Å². The molecule has 0 radical (unpaired) electrons. The first kappa shape index (κ1) is 17.0. The number of piperazine rings is 1. The van der Waals surface area contributed by atoms with Crippen LogP contribution in [0.3, 0.4) is 0 Å². The van der Waals surface area contributed by atoms with Crippen molar-refractivity contribution in [2.75, 3.05) is 42.9 Å². The summed E-state index contributed by atoms with van der Waals surface area (Å²) in [4.78, 5) is 17.2. The van der Waals surface area contributed by atoms with Crippen molar-refractivity contribution in [2.24, 2.45) is 0 Å². The van der Waals surface area contributed by atoms with E-state index in [-0.39, 0.29) is 5.91 Å². The van der Waals surface area contributed by atoms with E-state index in [2.05, 4.69) is 50.1 Å². The molecule has 0 atom stereocenters. The molecule has 0 aromatic heterocycles. The second kappa shape index (κ2) is 7.81. The molecular weight excluding hydrogens is 366 g/mol. The summed E-state index contributed by atoms with van der Waals surface area (Å²) in [7, 11) is 0. The molecule has 1 amide bonds. The summed E-state index contributed by atoms with van der Waals surface area (Å²) < 4.78 is 0.799. The Kier molecular flexibility index (Phi) is 5.53. The van der Waals surface area contributed by atoms with Crippen LogP contribution in [0.5, 0.6) is 0 Å². The van der Waals surface area contributed by atoms with Crippen molar-refractivity contribution < 1.29 is 4.79 Å². The number of benzene rings is 2. The van der Waals surface area contributed by atoms with Crippen LogP contribution in [0.15, 0.2) is 53.0 Å². The summed E-state index contributed by atoms with van der Waals surface area (Å²) >= 11 is 3.41. The van der Waals surface area contributed by atoms with Gasteiger partial charge in [0.2, 0.25) is 0 Å². The molecule has 24 heavy (non-hydrogen) atoms. The highest BCUT2D eigenvalue weighted by atomic mass is 79.9. The van der Waals surface area contributed by atoms with Gasteiger partial charge in [0.25, 0.3) is 5.91 Å². The first-order valence-electron chi connectivity index (χ1n) is 8.30. The van der Waals surface area contributed by atoms with Crippen molar-refractivity contribution in [3.05, 3.63) is 58.6 Å². The van der Waals surface area contributed by atoms with Gasteiger partial charge in [0, 0.05) is 42.0 Å². The molecule has 1 fully saturated rings. The minimum absolute atomic E-state index is 0.105. The molecule has 0 spiro atoms. The third kappa shape index (κ3) is 3.97. The van der Waals surface area contributed by atoms with Gasteiger partial charge in [-0.1, -0.05) is 19.1 Å². The predicted molar refractivity (Wildman–Crippen MR) is 103 cm³/mol. The Hall–Kier alpha value is -1.85. The minimum Gasteiger partial charge on any atom is -0.369 e. The maximum Gasteiger partial charge on any atom is 0.256 e. The molecule has 4 nitrogen and oxygen atoms in total. The maximum atomic E-state index is 12.3. The SMILES string of the molecule is CCN1CCN(c2ccc(NC(=O)c3ccccc3Br)cc2)CC1. The highest BCUT2D eigenvalue weighted by Gasteiger charge is 2.16. The molecule has 1 saturated heterocycles. The fraction of sp³-hybridized carbons (Fsp3) is 0.316. The standard InChI is InChI=1S/C19H22BrN3O/c1-2-22-11-13-23(14-12-22)16-9-7-15(8-10-16)21-19(24)17-5-3-4-6-18(17)20/h3-10H,2,11-14H2,1H3,(H,21,24). The van der Waals surface area contributed by atoms with Crippen LogP contribution < -0.4 is 10.2 Å². The van der Waals surface area contributed by atoms with Gasteiger partial charge in [-0.05, 0) is 58.9 Å². The molecular formula is C19H22BrN3O.